The zero-order valence-electron chi connectivity index (χ0n) is 10.6. The highest BCUT2D eigenvalue weighted by Crippen LogP contribution is 2.25. The molecule has 0 bridgehead atoms. The number of methoxy groups -OCH3 is 1. The zero-order valence-corrected chi connectivity index (χ0v) is 12.1. The summed E-state index contributed by atoms with van der Waals surface area (Å²) in [4.78, 5) is 20.1. The predicted molar refractivity (Wildman–Crippen MR) is 74.2 cm³/mol. The van der Waals surface area contributed by atoms with Gasteiger partial charge in [0.05, 0.1) is 11.6 Å². The molecular weight excluding hydrogens is 312 g/mol. The summed E-state index contributed by atoms with van der Waals surface area (Å²) in [6.45, 7) is 1.93. The van der Waals surface area contributed by atoms with Crippen LogP contribution in [0, 0.1) is 0 Å². The third kappa shape index (κ3) is 2.33. The van der Waals surface area contributed by atoms with Crippen LogP contribution in [0.5, 0.6) is 0 Å². The highest BCUT2D eigenvalue weighted by molar-refractivity contribution is 9.10. The highest BCUT2D eigenvalue weighted by atomic mass is 79.9. The monoisotopic (exact) mass is 324 g/mol. The summed E-state index contributed by atoms with van der Waals surface area (Å²) in [5.74, 6) is 0.915. The minimum atomic E-state index is -0.557. The number of anilines is 1. The molecule has 2 rings (SSSR count). The number of aryl methyl sites for hydroxylation is 1. The molecule has 0 saturated heterocycles. The van der Waals surface area contributed by atoms with Gasteiger partial charge in [-0.1, -0.05) is 6.92 Å². The Morgan fingerprint density at radius 2 is 2.32 bits per heavy atom. The van der Waals surface area contributed by atoms with E-state index in [-0.39, 0.29) is 11.5 Å². The third-order valence-electron chi connectivity index (χ3n) is 2.63. The first-order chi connectivity index (χ1) is 9.10. The first kappa shape index (κ1) is 13.5. The summed E-state index contributed by atoms with van der Waals surface area (Å²) in [7, 11) is 1.29. The van der Waals surface area contributed by atoms with Crippen LogP contribution in [0.1, 0.15) is 23.2 Å². The molecule has 0 saturated carbocycles. The van der Waals surface area contributed by atoms with E-state index in [9.17, 15) is 4.79 Å². The average Bonchev–Trinajstić information content (AvgIpc) is 2.75. The SMILES string of the molecule is CCc1nc(C(=O)OC)c(N)n1-c1ncccc1Br. The van der Waals surface area contributed by atoms with Gasteiger partial charge in [-0.25, -0.2) is 14.8 Å². The molecule has 0 atom stereocenters. The number of esters is 1. The maximum Gasteiger partial charge on any atom is 0.360 e. The van der Waals surface area contributed by atoms with E-state index in [2.05, 4.69) is 30.6 Å². The van der Waals surface area contributed by atoms with Crippen LogP contribution in [0.2, 0.25) is 0 Å². The standard InChI is InChI=1S/C12H13BrN4O2/c1-3-8-16-9(12(18)19-2)10(14)17(8)11-7(13)5-4-6-15-11/h4-6H,3,14H2,1-2H3. The summed E-state index contributed by atoms with van der Waals surface area (Å²) in [6, 6.07) is 3.65. The Morgan fingerprint density at radius 3 is 2.89 bits per heavy atom. The molecule has 2 N–H and O–H groups in total. The van der Waals surface area contributed by atoms with Gasteiger partial charge in [0.15, 0.2) is 11.5 Å². The normalized spacial score (nSPS) is 10.5. The van der Waals surface area contributed by atoms with E-state index in [1.165, 1.54) is 7.11 Å². The molecule has 2 aromatic rings. The fraction of sp³-hybridized carbons (Fsp3) is 0.250. The maximum absolute atomic E-state index is 11.6. The van der Waals surface area contributed by atoms with Gasteiger partial charge in [-0.3, -0.25) is 4.57 Å². The lowest BCUT2D eigenvalue weighted by molar-refractivity contribution is 0.0596. The van der Waals surface area contributed by atoms with E-state index in [4.69, 9.17) is 5.73 Å². The van der Waals surface area contributed by atoms with Crippen LogP contribution in [-0.4, -0.2) is 27.6 Å². The van der Waals surface area contributed by atoms with E-state index in [0.29, 0.717) is 18.1 Å². The van der Waals surface area contributed by atoms with Crippen molar-refractivity contribution < 1.29 is 9.53 Å². The quantitative estimate of drug-likeness (QED) is 0.872. The summed E-state index contributed by atoms with van der Waals surface area (Å²) < 4.78 is 7.09. The second-order valence-corrected chi connectivity index (χ2v) is 4.61. The largest absolute Gasteiger partial charge is 0.464 e. The number of pyridine rings is 1. The van der Waals surface area contributed by atoms with Crippen molar-refractivity contribution in [1.82, 2.24) is 14.5 Å². The molecule has 0 fully saturated rings. The minimum absolute atomic E-state index is 0.108. The summed E-state index contributed by atoms with van der Waals surface area (Å²) in [6.07, 6.45) is 2.26. The number of hydrogen-bond acceptors (Lipinski definition) is 5. The van der Waals surface area contributed by atoms with Gasteiger partial charge < -0.3 is 10.5 Å². The number of hydrogen-bond donors (Lipinski definition) is 1. The lowest BCUT2D eigenvalue weighted by Gasteiger charge is -2.09. The lowest BCUT2D eigenvalue weighted by Crippen LogP contribution is -2.09. The van der Waals surface area contributed by atoms with Crippen molar-refractivity contribution in [3.05, 3.63) is 34.3 Å². The number of ether oxygens (including phenoxy) is 1. The van der Waals surface area contributed by atoms with Crippen LogP contribution in [0.3, 0.4) is 0 Å². The second-order valence-electron chi connectivity index (χ2n) is 3.75. The van der Waals surface area contributed by atoms with Crippen LogP contribution < -0.4 is 5.73 Å². The summed E-state index contributed by atoms with van der Waals surface area (Å²) in [5.41, 5.74) is 6.10. The molecule has 7 heteroatoms. The molecule has 2 aromatic heterocycles. The van der Waals surface area contributed by atoms with Gasteiger partial charge in [0, 0.05) is 12.6 Å². The Balaban J connectivity index is 2.66. The number of nitrogen functional groups attached to an aromatic ring is 1. The van der Waals surface area contributed by atoms with Gasteiger partial charge in [-0.15, -0.1) is 0 Å². The molecule has 0 aliphatic rings. The molecule has 0 unspecified atom stereocenters. The van der Waals surface area contributed by atoms with Gasteiger partial charge in [0.2, 0.25) is 0 Å². The fourth-order valence-corrected chi connectivity index (χ4v) is 2.18. The van der Waals surface area contributed by atoms with Crippen molar-refractivity contribution in [1.29, 1.82) is 0 Å². The molecule has 0 spiro atoms. The number of rotatable bonds is 3. The lowest BCUT2D eigenvalue weighted by atomic mass is 10.4. The molecule has 0 aliphatic carbocycles. The maximum atomic E-state index is 11.6. The van der Waals surface area contributed by atoms with Gasteiger partial charge in [0.25, 0.3) is 0 Å². The summed E-state index contributed by atoms with van der Waals surface area (Å²) in [5, 5.41) is 0. The fourth-order valence-electron chi connectivity index (χ4n) is 1.74. The minimum Gasteiger partial charge on any atom is -0.464 e. The van der Waals surface area contributed by atoms with E-state index in [1.807, 2.05) is 13.0 Å². The molecule has 0 aromatic carbocycles. The molecule has 100 valence electrons. The molecule has 6 nitrogen and oxygen atoms in total. The number of aromatic nitrogens is 3. The van der Waals surface area contributed by atoms with E-state index < -0.39 is 5.97 Å². The second kappa shape index (κ2) is 5.40. The third-order valence-corrected chi connectivity index (χ3v) is 3.25. The van der Waals surface area contributed by atoms with Crippen molar-refractivity contribution in [2.24, 2.45) is 0 Å². The Hall–Kier alpha value is -1.89. The molecular formula is C12H13BrN4O2. The number of carbonyl (C=O) groups is 1. The summed E-state index contributed by atoms with van der Waals surface area (Å²) >= 11 is 3.41. The average molecular weight is 325 g/mol. The Bertz CT molecular complexity index is 624. The van der Waals surface area contributed by atoms with Crippen molar-refractivity contribution in [3.63, 3.8) is 0 Å². The van der Waals surface area contributed by atoms with E-state index >= 15 is 0 Å². The number of nitrogens with two attached hydrogens (primary N) is 1. The van der Waals surface area contributed by atoms with E-state index in [1.54, 1.807) is 16.8 Å². The van der Waals surface area contributed by atoms with Crippen molar-refractivity contribution in [2.75, 3.05) is 12.8 Å². The van der Waals surface area contributed by atoms with Gasteiger partial charge in [-0.2, -0.15) is 0 Å². The predicted octanol–water partition coefficient (Wildman–Crippen LogP) is 1.96. The number of carbonyl (C=O) groups excluding carboxylic acids is 1. The van der Waals surface area contributed by atoms with Gasteiger partial charge in [-0.05, 0) is 28.1 Å². The number of nitrogens with zero attached hydrogens (tertiary/aromatic N) is 3. The van der Waals surface area contributed by atoms with Crippen molar-refractivity contribution >= 4 is 27.7 Å². The smallest absolute Gasteiger partial charge is 0.360 e. The van der Waals surface area contributed by atoms with E-state index in [0.717, 1.165) is 4.47 Å². The molecule has 0 amide bonds. The first-order valence-electron chi connectivity index (χ1n) is 5.66. The van der Waals surface area contributed by atoms with Crippen LogP contribution in [0.15, 0.2) is 22.8 Å². The Morgan fingerprint density at radius 1 is 1.58 bits per heavy atom. The van der Waals surface area contributed by atoms with Crippen LogP contribution in [0.25, 0.3) is 5.82 Å². The van der Waals surface area contributed by atoms with Gasteiger partial charge in [0.1, 0.15) is 11.6 Å². The zero-order chi connectivity index (χ0) is 14.0. The number of imidazole rings is 1. The molecule has 0 radical (unpaired) electrons. The number of halogens is 1. The highest BCUT2D eigenvalue weighted by Gasteiger charge is 2.22. The topological polar surface area (TPSA) is 83.0 Å². The van der Waals surface area contributed by atoms with Crippen LogP contribution >= 0.6 is 15.9 Å². The van der Waals surface area contributed by atoms with Crippen LogP contribution in [0.4, 0.5) is 5.82 Å². The van der Waals surface area contributed by atoms with Crippen molar-refractivity contribution in [2.45, 2.75) is 13.3 Å². The Kier molecular flexibility index (Phi) is 3.84. The first-order valence-corrected chi connectivity index (χ1v) is 6.45. The van der Waals surface area contributed by atoms with Crippen molar-refractivity contribution in [3.8, 4) is 5.82 Å². The van der Waals surface area contributed by atoms with Crippen LogP contribution in [-0.2, 0) is 11.2 Å². The van der Waals surface area contributed by atoms with Gasteiger partial charge >= 0.3 is 5.97 Å². The molecule has 2 heterocycles. The molecule has 0 aliphatic heterocycles. The Labute approximate surface area is 118 Å². The molecule has 19 heavy (non-hydrogen) atoms.